The van der Waals surface area contributed by atoms with Crippen molar-refractivity contribution < 1.29 is 34.5 Å². The van der Waals surface area contributed by atoms with Crippen LogP contribution < -0.4 is 16.0 Å². The molecule has 0 aromatic carbocycles. The number of carbonyl (C=O) groups is 4. The van der Waals surface area contributed by atoms with E-state index in [1.807, 2.05) is 0 Å². The maximum absolute atomic E-state index is 11.9. The number of hydrogen-bond acceptors (Lipinski definition) is 18. The Morgan fingerprint density at radius 2 is 1.02 bits per heavy atom. The summed E-state index contributed by atoms with van der Waals surface area (Å²) in [6.45, 7) is 3.03. The molecule has 0 fully saturated rings. The lowest BCUT2D eigenvalue weighted by Crippen LogP contribution is -2.40. The van der Waals surface area contributed by atoms with Crippen molar-refractivity contribution in [1.82, 2.24) is 76.7 Å². The summed E-state index contributed by atoms with van der Waals surface area (Å²) < 4.78 is 0. The van der Waals surface area contributed by atoms with Crippen LogP contribution in [0, 0.1) is 13.8 Å². The summed E-state index contributed by atoms with van der Waals surface area (Å²) in [5, 5.41) is 64.8. The first-order chi connectivity index (χ1) is 24.6. The quantitative estimate of drug-likeness (QED) is 0.0704. The smallest absolute Gasteiger partial charge is 0.303 e. The Balaban J connectivity index is 0.000000281. The minimum absolute atomic E-state index is 0.0319. The molecule has 4 rings (SSSR count). The Morgan fingerprint density at radius 3 is 1.43 bits per heavy atom. The second kappa shape index (κ2) is 21.0. The zero-order valence-corrected chi connectivity index (χ0v) is 27.8. The zero-order valence-electron chi connectivity index (χ0n) is 27.8. The largest absolute Gasteiger partial charge is 0.481 e. The summed E-state index contributed by atoms with van der Waals surface area (Å²) in [5.41, 5.74) is 1.14. The third kappa shape index (κ3) is 14.9. The lowest BCUT2D eigenvalue weighted by molar-refractivity contribution is -0.137. The van der Waals surface area contributed by atoms with Crippen LogP contribution in [0.1, 0.15) is 61.6 Å². The Kier molecular flexibility index (Phi) is 16.2. The van der Waals surface area contributed by atoms with E-state index in [1.165, 1.54) is 12.4 Å². The molecule has 0 unspecified atom stereocenters. The fourth-order valence-corrected chi connectivity index (χ4v) is 3.76. The first kappa shape index (κ1) is 39.3. The second-order valence-electron chi connectivity index (χ2n) is 10.6. The molecule has 0 saturated carbocycles. The van der Waals surface area contributed by atoms with Crippen LogP contribution in [-0.2, 0) is 32.3 Å². The number of nitrogens with one attached hydrogen (secondary N) is 3. The highest BCUT2D eigenvalue weighted by Crippen LogP contribution is 2.08. The number of nitrogens with zero attached hydrogens (tertiary/aromatic N) is 12. The van der Waals surface area contributed by atoms with Crippen LogP contribution in [0.5, 0.6) is 0 Å². The molecular formula is C29H37N15O7. The molecule has 0 aliphatic carbocycles. The number of aliphatic hydroxyl groups excluding tert-OH is 2. The van der Waals surface area contributed by atoms with Gasteiger partial charge >= 0.3 is 5.97 Å². The third-order valence-electron chi connectivity index (χ3n) is 6.33. The predicted octanol–water partition coefficient (Wildman–Crippen LogP) is -1.81. The summed E-state index contributed by atoms with van der Waals surface area (Å²) in [6, 6.07) is 2.61. The van der Waals surface area contributed by atoms with E-state index in [0.29, 0.717) is 35.9 Å². The van der Waals surface area contributed by atoms with E-state index >= 15 is 0 Å². The van der Waals surface area contributed by atoms with Gasteiger partial charge in [0.2, 0.25) is 41.0 Å². The molecule has 22 heteroatoms. The SMILES string of the molecule is Cc1nnc(-c2nccc(CNC(=O)CCCC(=O)NC(CO)CO)n2)nn1.Cc1nnc(-c2nccc(CNC(=O)CCCC(=O)O)n2)nn1. The van der Waals surface area contributed by atoms with Crippen molar-refractivity contribution in [2.45, 2.75) is 71.5 Å². The Morgan fingerprint density at radius 1 is 0.608 bits per heavy atom. The molecule has 0 aliphatic heterocycles. The van der Waals surface area contributed by atoms with Gasteiger partial charge in [0.25, 0.3) is 0 Å². The van der Waals surface area contributed by atoms with Gasteiger partial charge in [-0.15, -0.1) is 40.8 Å². The first-order valence-electron chi connectivity index (χ1n) is 15.5. The number of carbonyl (C=O) groups excluding carboxylic acids is 3. The van der Waals surface area contributed by atoms with Crippen LogP contribution in [0.4, 0.5) is 0 Å². The van der Waals surface area contributed by atoms with E-state index in [2.05, 4.69) is 76.7 Å². The third-order valence-corrected chi connectivity index (χ3v) is 6.33. The standard InChI is InChI=1S/C16H22N8O4.C13H15N7O3/c1-10-21-23-16(24-22-10)15-17-6-5-11(20-15)7-18-13(27)3-2-4-14(28)19-12(8-25)9-26;1-8-17-19-13(20-18-8)12-14-6-5-9(16-12)7-15-10(21)3-2-4-11(22)23/h5-6,12,25-26H,2-4,7-9H2,1H3,(H,18,27)(H,19,28);5-6H,2-4,7H2,1H3,(H,15,21)(H,22,23). The number of rotatable bonds is 17. The number of carboxylic acids is 1. The molecule has 0 saturated heterocycles. The molecule has 0 spiro atoms. The van der Waals surface area contributed by atoms with Gasteiger partial charge < -0.3 is 31.3 Å². The van der Waals surface area contributed by atoms with Gasteiger partial charge in [-0.05, 0) is 38.8 Å². The zero-order chi connectivity index (χ0) is 37.0. The van der Waals surface area contributed by atoms with Gasteiger partial charge in [0, 0.05) is 38.1 Å². The Hall–Kier alpha value is -6.16. The van der Waals surface area contributed by atoms with Crippen LogP contribution in [0.2, 0.25) is 0 Å². The highest BCUT2D eigenvalue weighted by molar-refractivity contribution is 5.79. The Bertz CT molecular complexity index is 1730. The number of aromatic nitrogens is 12. The lowest BCUT2D eigenvalue weighted by atomic mass is 10.2. The summed E-state index contributed by atoms with van der Waals surface area (Å²) in [7, 11) is 0. The molecule has 6 N–H and O–H groups in total. The minimum Gasteiger partial charge on any atom is -0.481 e. The van der Waals surface area contributed by atoms with Crippen LogP contribution in [0.25, 0.3) is 23.3 Å². The number of hydrogen-bond donors (Lipinski definition) is 6. The Labute approximate surface area is 290 Å². The van der Waals surface area contributed by atoms with Crippen molar-refractivity contribution >= 4 is 23.7 Å². The van der Waals surface area contributed by atoms with E-state index < -0.39 is 12.0 Å². The molecule has 51 heavy (non-hydrogen) atoms. The van der Waals surface area contributed by atoms with Gasteiger partial charge in [-0.25, -0.2) is 19.9 Å². The predicted molar refractivity (Wildman–Crippen MR) is 172 cm³/mol. The molecule has 0 bridgehead atoms. The van der Waals surface area contributed by atoms with E-state index in [4.69, 9.17) is 15.3 Å². The van der Waals surface area contributed by atoms with Gasteiger partial charge in [0.05, 0.1) is 43.7 Å². The van der Waals surface area contributed by atoms with Gasteiger partial charge in [-0.2, -0.15) is 0 Å². The highest BCUT2D eigenvalue weighted by Gasteiger charge is 2.12. The van der Waals surface area contributed by atoms with E-state index in [-0.39, 0.29) is 93.0 Å². The van der Waals surface area contributed by atoms with Gasteiger partial charge in [-0.3, -0.25) is 19.2 Å². The summed E-state index contributed by atoms with van der Waals surface area (Å²) >= 11 is 0. The van der Waals surface area contributed by atoms with E-state index in [0.717, 1.165) is 0 Å². The fraction of sp³-hybridized carbons (Fsp3) is 0.448. The van der Waals surface area contributed by atoms with Crippen molar-refractivity contribution in [1.29, 1.82) is 0 Å². The van der Waals surface area contributed by atoms with Crippen LogP contribution in [0.3, 0.4) is 0 Å². The van der Waals surface area contributed by atoms with Crippen molar-refractivity contribution in [2.75, 3.05) is 13.2 Å². The number of amides is 3. The molecule has 270 valence electrons. The normalized spacial score (nSPS) is 10.5. The second-order valence-corrected chi connectivity index (χ2v) is 10.6. The molecular weight excluding hydrogens is 670 g/mol. The number of aliphatic hydroxyl groups is 2. The topological polar surface area (TPSA) is 320 Å². The highest BCUT2D eigenvalue weighted by atomic mass is 16.4. The molecule has 4 heterocycles. The average molecular weight is 708 g/mol. The van der Waals surface area contributed by atoms with Crippen molar-refractivity contribution in [3.8, 4) is 23.3 Å². The number of aliphatic carboxylic acids is 1. The molecule has 0 aliphatic rings. The molecule has 22 nitrogen and oxygen atoms in total. The maximum atomic E-state index is 11.9. The van der Waals surface area contributed by atoms with Crippen molar-refractivity contribution in [3.05, 3.63) is 47.6 Å². The summed E-state index contributed by atoms with van der Waals surface area (Å²) in [5.74, 6) is 0.0698. The first-order valence-corrected chi connectivity index (χ1v) is 15.5. The number of aryl methyl sites for hydroxylation is 2. The van der Waals surface area contributed by atoms with Crippen molar-refractivity contribution in [3.63, 3.8) is 0 Å². The molecule has 0 radical (unpaired) electrons. The van der Waals surface area contributed by atoms with Gasteiger partial charge in [-0.1, -0.05) is 0 Å². The number of carboxylic acid groups (broad SMARTS) is 1. The van der Waals surface area contributed by atoms with Crippen LogP contribution >= 0.6 is 0 Å². The average Bonchev–Trinajstić information content (AvgIpc) is 3.13. The minimum atomic E-state index is -0.918. The molecule has 3 amide bonds. The van der Waals surface area contributed by atoms with Gasteiger partial charge in [0.1, 0.15) is 0 Å². The summed E-state index contributed by atoms with van der Waals surface area (Å²) in [4.78, 5) is 62.1. The summed E-state index contributed by atoms with van der Waals surface area (Å²) in [6.07, 6.45) is 4.08. The lowest BCUT2D eigenvalue weighted by Gasteiger charge is -2.13. The van der Waals surface area contributed by atoms with E-state index in [9.17, 15) is 19.2 Å². The van der Waals surface area contributed by atoms with E-state index in [1.54, 1.807) is 26.0 Å². The molecule has 4 aromatic heterocycles. The monoisotopic (exact) mass is 707 g/mol. The fourth-order valence-electron chi connectivity index (χ4n) is 3.76. The maximum Gasteiger partial charge on any atom is 0.303 e. The molecule has 0 atom stereocenters. The molecule has 4 aromatic rings. The van der Waals surface area contributed by atoms with Crippen LogP contribution in [-0.4, -0.2) is 119 Å². The van der Waals surface area contributed by atoms with Crippen molar-refractivity contribution in [2.24, 2.45) is 0 Å². The van der Waals surface area contributed by atoms with Crippen LogP contribution in [0.15, 0.2) is 24.5 Å². The van der Waals surface area contributed by atoms with Gasteiger partial charge in [0.15, 0.2) is 11.6 Å².